The molecule has 2 N–H and O–H groups in total. The molecule has 0 aliphatic heterocycles. The molecular formula is C23H20N2O5. The van der Waals surface area contributed by atoms with E-state index in [0.717, 1.165) is 0 Å². The molecule has 0 aliphatic carbocycles. The zero-order valence-electron chi connectivity index (χ0n) is 16.3. The van der Waals surface area contributed by atoms with Crippen LogP contribution in [0.15, 0.2) is 83.1 Å². The first-order valence-corrected chi connectivity index (χ1v) is 9.27. The zero-order valence-corrected chi connectivity index (χ0v) is 16.3. The number of rotatable bonds is 7. The van der Waals surface area contributed by atoms with Crippen LogP contribution < -0.4 is 10.6 Å². The molecule has 1 aromatic heterocycles. The molecule has 152 valence electrons. The van der Waals surface area contributed by atoms with Gasteiger partial charge < -0.3 is 19.8 Å². The maximum Gasteiger partial charge on any atom is 0.340 e. The number of furan rings is 1. The van der Waals surface area contributed by atoms with Crippen molar-refractivity contribution in [2.45, 2.75) is 6.92 Å². The first-order chi connectivity index (χ1) is 14.6. The third-order valence-electron chi connectivity index (χ3n) is 4.03. The highest BCUT2D eigenvalue weighted by Crippen LogP contribution is 2.18. The Kier molecular flexibility index (Phi) is 6.78. The molecule has 0 saturated heterocycles. The van der Waals surface area contributed by atoms with Gasteiger partial charge in [-0.15, -0.1) is 0 Å². The minimum Gasteiger partial charge on any atom is -0.465 e. The maximum absolute atomic E-state index is 13.0. The predicted octanol–water partition coefficient (Wildman–Crippen LogP) is 3.87. The average molecular weight is 404 g/mol. The van der Waals surface area contributed by atoms with Gasteiger partial charge in [0, 0.05) is 11.6 Å². The fourth-order valence-corrected chi connectivity index (χ4v) is 2.63. The van der Waals surface area contributed by atoms with E-state index in [1.54, 1.807) is 73.7 Å². The lowest BCUT2D eigenvalue weighted by atomic mass is 10.1. The van der Waals surface area contributed by atoms with Gasteiger partial charge in [-0.1, -0.05) is 30.3 Å². The molecule has 3 rings (SSSR count). The number of hydrogen-bond donors (Lipinski definition) is 2. The van der Waals surface area contributed by atoms with E-state index in [-0.39, 0.29) is 23.6 Å². The topological polar surface area (TPSA) is 97.6 Å². The van der Waals surface area contributed by atoms with Crippen LogP contribution in [0.25, 0.3) is 6.08 Å². The highest BCUT2D eigenvalue weighted by Gasteiger charge is 2.19. The summed E-state index contributed by atoms with van der Waals surface area (Å²) in [6.45, 7) is 1.90. The number of esters is 1. The standard InChI is InChI=1S/C23H20N2O5/c1-2-29-23(28)18-12-6-7-13-19(18)24-22(27)20(15-17-11-8-14-30-17)25-21(26)16-9-4-3-5-10-16/h3-15H,2H2,1H3,(H,24,27)(H,25,26). The highest BCUT2D eigenvalue weighted by molar-refractivity contribution is 6.12. The van der Waals surface area contributed by atoms with Crippen molar-refractivity contribution in [3.8, 4) is 0 Å². The van der Waals surface area contributed by atoms with E-state index >= 15 is 0 Å². The van der Waals surface area contributed by atoms with Gasteiger partial charge in [0.1, 0.15) is 11.5 Å². The summed E-state index contributed by atoms with van der Waals surface area (Å²) < 4.78 is 10.3. The number of nitrogens with one attached hydrogen (secondary N) is 2. The van der Waals surface area contributed by atoms with Crippen molar-refractivity contribution in [3.05, 3.63) is 95.6 Å². The number of anilines is 1. The summed E-state index contributed by atoms with van der Waals surface area (Å²) in [5.41, 5.74) is 0.819. The molecule has 0 aliphatic rings. The van der Waals surface area contributed by atoms with Gasteiger partial charge in [0.25, 0.3) is 11.8 Å². The maximum atomic E-state index is 13.0. The van der Waals surface area contributed by atoms with E-state index in [1.165, 1.54) is 12.3 Å². The predicted molar refractivity (Wildman–Crippen MR) is 112 cm³/mol. The second-order valence-corrected chi connectivity index (χ2v) is 6.11. The van der Waals surface area contributed by atoms with E-state index in [0.29, 0.717) is 11.3 Å². The monoisotopic (exact) mass is 404 g/mol. The summed E-state index contributed by atoms with van der Waals surface area (Å²) in [5, 5.41) is 5.25. The van der Waals surface area contributed by atoms with Crippen LogP contribution in [0.3, 0.4) is 0 Å². The SMILES string of the molecule is CCOC(=O)c1ccccc1NC(=O)C(=Cc1ccco1)NC(=O)c1ccccc1. The fraction of sp³-hybridized carbons (Fsp3) is 0.0870. The fourth-order valence-electron chi connectivity index (χ4n) is 2.63. The molecule has 0 spiro atoms. The number of ether oxygens (including phenoxy) is 1. The Morgan fingerprint density at radius 3 is 2.40 bits per heavy atom. The summed E-state index contributed by atoms with van der Waals surface area (Å²) in [7, 11) is 0. The van der Waals surface area contributed by atoms with Gasteiger partial charge >= 0.3 is 5.97 Å². The zero-order chi connectivity index (χ0) is 21.3. The van der Waals surface area contributed by atoms with Crippen molar-refractivity contribution in [1.82, 2.24) is 5.32 Å². The first kappa shape index (κ1) is 20.6. The second kappa shape index (κ2) is 9.88. The van der Waals surface area contributed by atoms with Crippen LogP contribution in [0, 0.1) is 0 Å². The molecule has 30 heavy (non-hydrogen) atoms. The number of benzene rings is 2. The Balaban J connectivity index is 1.87. The van der Waals surface area contributed by atoms with Gasteiger partial charge in [-0.3, -0.25) is 9.59 Å². The Bertz CT molecular complexity index is 1060. The number of hydrogen-bond acceptors (Lipinski definition) is 5. The summed E-state index contributed by atoms with van der Waals surface area (Å²) in [6.07, 6.45) is 2.86. The lowest BCUT2D eigenvalue weighted by molar-refractivity contribution is -0.113. The second-order valence-electron chi connectivity index (χ2n) is 6.11. The molecule has 0 bridgehead atoms. The Hall–Kier alpha value is -4.13. The number of carbonyl (C=O) groups excluding carboxylic acids is 3. The Morgan fingerprint density at radius 2 is 1.70 bits per heavy atom. The van der Waals surface area contributed by atoms with Gasteiger partial charge in [0.2, 0.25) is 0 Å². The van der Waals surface area contributed by atoms with Gasteiger partial charge in [0.15, 0.2) is 0 Å². The molecule has 0 unspecified atom stereocenters. The molecule has 2 amide bonds. The average Bonchev–Trinajstić information content (AvgIpc) is 3.27. The summed E-state index contributed by atoms with van der Waals surface area (Å²) in [5.74, 6) is -1.25. The van der Waals surface area contributed by atoms with Crippen LogP contribution in [-0.2, 0) is 9.53 Å². The van der Waals surface area contributed by atoms with Crippen molar-refractivity contribution in [3.63, 3.8) is 0 Å². The normalized spacial score (nSPS) is 10.9. The third-order valence-corrected chi connectivity index (χ3v) is 4.03. The lowest BCUT2D eigenvalue weighted by Gasteiger charge is -2.13. The van der Waals surface area contributed by atoms with Crippen LogP contribution in [-0.4, -0.2) is 24.4 Å². The van der Waals surface area contributed by atoms with E-state index in [1.807, 2.05) is 0 Å². The third kappa shape index (κ3) is 5.23. The summed E-state index contributed by atoms with van der Waals surface area (Å²) in [6, 6.07) is 18.3. The van der Waals surface area contributed by atoms with E-state index in [4.69, 9.17) is 9.15 Å². The number of carbonyl (C=O) groups is 3. The summed E-state index contributed by atoms with van der Waals surface area (Å²) in [4.78, 5) is 37.7. The molecule has 1 heterocycles. The van der Waals surface area contributed by atoms with Crippen molar-refractivity contribution < 1.29 is 23.5 Å². The van der Waals surface area contributed by atoms with E-state index in [2.05, 4.69) is 10.6 Å². The Labute approximate surface area is 173 Å². The molecule has 7 nitrogen and oxygen atoms in total. The van der Waals surface area contributed by atoms with Gasteiger partial charge in [0.05, 0.1) is 24.1 Å². The van der Waals surface area contributed by atoms with Crippen molar-refractivity contribution in [1.29, 1.82) is 0 Å². The highest BCUT2D eigenvalue weighted by atomic mass is 16.5. The van der Waals surface area contributed by atoms with Gasteiger partial charge in [-0.25, -0.2) is 4.79 Å². The number of amides is 2. The Morgan fingerprint density at radius 1 is 0.967 bits per heavy atom. The largest absolute Gasteiger partial charge is 0.465 e. The molecule has 0 radical (unpaired) electrons. The van der Waals surface area contributed by atoms with Crippen molar-refractivity contribution in [2.24, 2.45) is 0 Å². The van der Waals surface area contributed by atoms with Gasteiger partial charge in [-0.2, -0.15) is 0 Å². The smallest absolute Gasteiger partial charge is 0.340 e. The van der Waals surface area contributed by atoms with E-state index < -0.39 is 17.8 Å². The molecular weight excluding hydrogens is 384 g/mol. The van der Waals surface area contributed by atoms with Gasteiger partial charge in [-0.05, 0) is 43.3 Å². The van der Waals surface area contributed by atoms with Crippen LogP contribution in [0.2, 0.25) is 0 Å². The van der Waals surface area contributed by atoms with Crippen LogP contribution in [0.4, 0.5) is 5.69 Å². The molecule has 3 aromatic rings. The summed E-state index contributed by atoms with van der Waals surface area (Å²) >= 11 is 0. The molecule has 0 saturated carbocycles. The van der Waals surface area contributed by atoms with Crippen LogP contribution >= 0.6 is 0 Å². The lowest BCUT2D eigenvalue weighted by Crippen LogP contribution is -2.31. The molecule has 0 atom stereocenters. The molecule has 0 fully saturated rings. The van der Waals surface area contributed by atoms with Crippen molar-refractivity contribution >= 4 is 29.5 Å². The van der Waals surface area contributed by atoms with Crippen LogP contribution in [0.1, 0.15) is 33.4 Å². The van der Waals surface area contributed by atoms with Crippen LogP contribution in [0.5, 0.6) is 0 Å². The minimum absolute atomic E-state index is 0.0440. The first-order valence-electron chi connectivity index (χ1n) is 9.27. The van der Waals surface area contributed by atoms with E-state index in [9.17, 15) is 14.4 Å². The van der Waals surface area contributed by atoms with Crippen molar-refractivity contribution in [2.75, 3.05) is 11.9 Å². The number of para-hydroxylation sites is 1. The minimum atomic E-state index is -0.618. The molecule has 7 heteroatoms. The quantitative estimate of drug-likeness (QED) is 0.460. The molecule has 2 aromatic carbocycles.